The summed E-state index contributed by atoms with van der Waals surface area (Å²) in [6, 6.07) is 15.7. The molecule has 1 atom stereocenters. The summed E-state index contributed by atoms with van der Waals surface area (Å²) >= 11 is 6.09. The fourth-order valence-electron chi connectivity index (χ4n) is 4.40. The number of halogens is 1. The van der Waals surface area contributed by atoms with Crippen LogP contribution in [0.5, 0.6) is 0 Å². The lowest BCUT2D eigenvalue weighted by Crippen LogP contribution is -2.40. The van der Waals surface area contributed by atoms with E-state index < -0.39 is 9.84 Å². The molecule has 1 N–H and O–H groups in total. The molecule has 0 spiro atoms. The highest BCUT2D eigenvalue weighted by molar-refractivity contribution is 7.90. The van der Waals surface area contributed by atoms with Crippen molar-refractivity contribution < 1.29 is 17.9 Å². The Hall–Kier alpha value is -2.88. The van der Waals surface area contributed by atoms with E-state index in [-0.39, 0.29) is 35.5 Å². The van der Waals surface area contributed by atoms with Crippen LogP contribution in [-0.4, -0.2) is 48.2 Å². The molecule has 2 amide bonds. The molecule has 0 radical (unpaired) electrons. The summed E-state index contributed by atoms with van der Waals surface area (Å²) in [6.45, 7) is 5.74. The standard InChI is InChI=1S/C27H33ClN4O4S/c1-20(2)16-32-24(15-29-27(32)37(34,35)19-21-8-4-3-5-9-21)17-31(18-25-12-7-13-36-25)26(33)30-23-11-6-10-22(28)14-23/h3-6,8-11,14-15,20,25H,7,12-13,16-19H2,1-2H3,(H,30,33). The molecular weight excluding hydrogens is 512 g/mol. The first-order valence-electron chi connectivity index (χ1n) is 12.5. The molecule has 1 saturated heterocycles. The normalized spacial score (nSPS) is 15.7. The van der Waals surface area contributed by atoms with Gasteiger partial charge in [0, 0.05) is 30.4 Å². The number of anilines is 1. The van der Waals surface area contributed by atoms with Crippen LogP contribution < -0.4 is 5.32 Å². The van der Waals surface area contributed by atoms with Crippen LogP contribution in [0.15, 0.2) is 66.0 Å². The second kappa shape index (κ2) is 12.1. The summed E-state index contributed by atoms with van der Waals surface area (Å²) in [5.74, 6) is 0.0302. The summed E-state index contributed by atoms with van der Waals surface area (Å²) in [5.41, 5.74) is 1.93. The molecule has 4 rings (SSSR count). The molecule has 198 valence electrons. The van der Waals surface area contributed by atoms with Crippen LogP contribution >= 0.6 is 11.6 Å². The van der Waals surface area contributed by atoms with Crippen molar-refractivity contribution in [1.82, 2.24) is 14.5 Å². The van der Waals surface area contributed by atoms with E-state index >= 15 is 0 Å². The van der Waals surface area contributed by atoms with Crippen molar-refractivity contribution in [3.05, 3.63) is 77.1 Å². The van der Waals surface area contributed by atoms with E-state index in [0.29, 0.717) is 41.7 Å². The Morgan fingerprint density at radius 1 is 1.22 bits per heavy atom. The number of carbonyl (C=O) groups excluding carboxylic acids is 1. The number of hydrogen-bond acceptors (Lipinski definition) is 5. The van der Waals surface area contributed by atoms with Gasteiger partial charge in [0.1, 0.15) is 0 Å². The predicted molar refractivity (Wildman–Crippen MR) is 144 cm³/mol. The Balaban J connectivity index is 1.62. The van der Waals surface area contributed by atoms with Crippen molar-refractivity contribution in [2.45, 2.75) is 56.8 Å². The molecular formula is C27H33ClN4O4S. The van der Waals surface area contributed by atoms with E-state index in [0.717, 1.165) is 12.8 Å². The zero-order valence-electron chi connectivity index (χ0n) is 21.1. The van der Waals surface area contributed by atoms with Gasteiger partial charge in [0.25, 0.3) is 0 Å². The number of amides is 2. The first-order chi connectivity index (χ1) is 17.7. The molecule has 1 unspecified atom stereocenters. The number of rotatable bonds is 10. The highest BCUT2D eigenvalue weighted by atomic mass is 35.5. The minimum Gasteiger partial charge on any atom is -0.376 e. The average Bonchev–Trinajstić information content (AvgIpc) is 3.49. The van der Waals surface area contributed by atoms with Gasteiger partial charge in [0.2, 0.25) is 15.0 Å². The lowest BCUT2D eigenvalue weighted by atomic mass is 10.2. The first kappa shape index (κ1) is 27.2. The van der Waals surface area contributed by atoms with Crippen LogP contribution in [0.2, 0.25) is 5.02 Å². The number of nitrogens with one attached hydrogen (secondary N) is 1. The number of ether oxygens (including phenoxy) is 1. The number of carbonyl (C=O) groups is 1. The summed E-state index contributed by atoms with van der Waals surface area (Å²) in [7, 11) is -3.71. The Bertz CT molecular complexity index is 1300. The van der Waals surface area contributed by atoms with Gasteiger partial charge < -0.3 is 19.5 Å². The van der Waals surface area contributed by atoms with Crippen molar-refractivity contribution in [2.75, 3.05) is 18.5 Å². The SMILES string of the molecule is CC(C)Cn1c(CN(CC2CCCO2)C(=O)Nc2cccc(Cl)c2)cnc1S(=O)(=O)Cc1ccccc1. The van der Waals surface area contributed by atoms with Crippen molar-refractivity contribution in [3.63, 3.8) is 0 Å². The monoisotopic (exact) mass is 544 g/mol. The number of sulfone groups is 1. The van der Waals surface area contributed by atoms with Gasteiger partial charge >= 0.3 is 6.03 Å². The van der Waals surface area contributed by atoms with Gasteiger partial charge in [-0.15, -0.1) is 0 Å². The van der Waals surface area contributed by atoms with Gasteiger partial charge in [-0.2, -0.15) is 0 Å². The van der Waals surface area contributed by atoms with Crippen LogP contribution in [0, 0.1) is 5.92 Å². The third-order valence-electron chi connectivity index (χ3n) is 6.09. The maximum atomic E-state index is 13.4. The highest BCUT2D eigenvalue weighted by Crippen LogP contribution is 2.23. The maximum absolute atomic E-state index is 13.4. The third kappa shape index (κ3) is 7.34. The van der Waals surface area contributed by atoms with Gasteiger partial charge in [-0.1, -0.05) is 61.8 Å². The van der Waals surface area contributed by atoms with Gasteiger partial charge in [-0.25, -0.2) is 18.2 Å². The quantitative estimate of drug-likeness (QED) is 0.370. The Morgan fingerprint density at radius 2 is 2.00 bits per heavy atom. The molecule has 1 aliphatic rings. The number of nitrogens with zero attached hydrogens (tertiary/aromatic N) is 3. The first-order valence-corrected chi connectivity index (χ1v) is 14.5. The third-order valence-corrected chi connectivity index (χ3v) is 7.92. The van der Waals surface area contributed by atoms with Crippen LogP contribution in [-0.2, 0) is 33.4 Å². The largest absolute Gasteiger partial charge is 0.376 e. The minimum absolute atomic E-state index is 0.0207. The van der Waals surface area contributed by atoms with Crippen molar-refractivity contribution >= 4 is 33.2 Å². The molecule has 37 heavy (non-hydrogen) atoms. The fourth-order valence-corrected chi connectivity index (χ4v) is 6.09. The van der Waals surface area contributed by atoms with Gasteiger partial charge in [-0.3, -0.25) is 0 Å². The van der Waals surface area contributed by atoms with Crippen molar-refractivity contribution in [1.29, 1.82) is 0 Å². The second-order valence-electron chi connectivity index (χ2n) is 9.74. The van der Waals surface area contributed by atoms with E-state index in [2.05, 4.69) is 10.3 Å². The molecule has 8 nitrogen and oxygen atoms in total. The molecule has 0 bridgehead atoms. The van der Waals surface area contributed by atoms with Crippen LogP contribution in [0.25, 0.3) is 0 Å². The van der Waals surface area contributed by atoms with Crippen LogP contribution in [0.1, 0.15) is 37.9 Å². The molecule has 2 aromatic carbocycles. The lowest BCUT2D eigenvalue weighted by molar-refractivity contribution is 0.0812. The lowest BCUT2D eigenvalue weighted by Gasteiger charge is -2.26. The van der Waals surface area contributed by atoms with E-state index in [9.17, 15) is 13.2 Å². The highest BCUT2D eigenvalue weighted by Gasteiger charge is 2.28. The van der Waals surface area contributed by atoms with Crippen LogP contribution in [0.4, 0.5) is 10.5 Å². The van der Waals surface area contributed by atoms with Gasteiger partial charge in [-0.05, 0) is 42.5 Å². The Morgan fingerprint density at radius 3 is 2.68 bits per heavy atom. The summed E-state index contributed by atoms with van der Waals surface area (Å²) in [6.07, 6.45) is 3.30. The number of urea groups is 1. The fraction of sp³-hybridized carbons (Fsp3) is 0.407. The zero-order valence-corrected chi connectivity index (χ0v) is 22.7. The maximum Gasteiger partial charge on any atom is 0.322 e. The number of aromatic nitrogens is 2. The second-order valence-corrected chi connectivity index (χ2v) is 12.1. The molecule has 1 fully saturated rings. The van der Waals surface area contributed by atoms with Crippen molar-refractivity contribution in [2.24, 2.45) is 5.92 Å². The zero-order chi connectivity index (χ0) is 26.4. The summed E-state index contributed by atoms with van der Waals surface area (Å²) < 4.78 is 34.3. The number of imidazole rings is 1. The predicted octanol–water partition coefficient (Wildman–Crippen LogP) is 5.38. The van der Waals surface area contributed by atoms with Gasteiger partial charge in [0.05, 0.1) is 30.3 Å². The molecule has 3 aromatic rings. The molecule has 1 aromatic heterocycles. The van der Waals surface area contributed by atoms with E-state index in [1.165, 1.54) is 0 Å². The van der Waals surface area contributed by atoms with E-state index in [4.69, 9.17) is 16.3 Å². The molecule has 0 saturated carbocycles. The Labute approximate surface area is 223 Å². The van der Waals surface area contributed by atoms with Crippen molar-refractivity contribution in [3.8, 4) is 0 Å². The summed E-state index contributed by atoms with van der Waals surface area (Å²) in [4.78, 5) is 19.4. The minimum atomic E-state index is -3.71. The smallest absolute Gasteiger partial charge is 0.322 e. The van der Waals surface area contributed by atoms with E-state index in [1.807, 2.05) is 32.0 Å². The molecule has 2 heterocycles. The van der Waals surface area contributed by atoms with E-state index in [1.54, 1.807) is 52.1 Å². The number of benzene rings is 2. The topological polar surface area (TPSA) is 93.5 Å². The molecule has 0 aliphatic carbocycles. The number of hydrogen-bond donors (Lipinski definition) is 1. The Kier molecular flexibility index (Phi) is 8.89. The summed E-state index contributed by atoms with van der Waals surface area (Å²) in [5, 5.41) is 3.45. The van der Waals surface area contributed by atoms with Crippen LogP contribution in [0.3, 0.4) is 0 Å². The molecule has 10 heteroatoms. The average molecular weight is 545 g/mol. The van der Waals surface area contributed by atoms with Gasteiger partial charge in [0.15, 0.2) is 0 Å². The molecule has 1 aliphatic heterocycles.